The highest BCUT2D eigenvalue weighted by Gasteiger charge is 1.87. The molecule has 0 fully saturated rings. The molecule has 1 aliphatic carbocycles. The van der Waals surface area contributed by atoms with Crippen molar-refractivity contribution in [3.8, 4) is 0 Å². The molecule has 52 valence electrons. The number of halogens is 1. The van der Waals surface area contributed by atoms with Crippen LogP contribution in [-0.2, 0) is 4.79 Å². The fraction of sp³-hybridized carbons (Fsp3) is 0.571. The van der Waals surface area contributed by atoms with E-state index in [-0.39, 0.29) is 5.75 Å². The van der Waals surface area contributed by atoms with Crippen molar-refractivity contribution in [2.75, 3.05) is 0 Å². The second-order valence-electron chi connectivity index (χ2n) is 1.84. The number of hydrogen-bond donors (Lipinski definition) is 0. The monoisotopic (exact) mass is 146 g/mol. The molecule has 1 nitrogen and oxygen atoms in total. The standard InChI is InChI=1S/C6H10.CHClO/c1-2-4-6-5-3-1;2-1-3/h1-2H,3-6H2;1H. The van der Waals surface area contributed by atoms with Crippen molar-refractivity contribution >= 4 is 17.3 Å². The minimum atomic E-state index is 0.222. The Bertz CT molecular complexity index is 80.9. The Morgan fingerprint density at radius 2 is 1.56 bits per heavy atom. The zero-order valence-electron chi connectivity index (χ0n) is 5.35. The summed E-state index contributed by atoms with van der Waals surface area (Å²) in [5, 5.41) is 0. The molecule has 0 saturated carbocycles. The summed E-state index contributed by atoms with van der Waals surface area (Å²) in [7, 11) is 0. The summed E-state index contributed by atoms with van der Waals surface area (Å²) < 4.78 is 0. The van der Waals surface area contributed by atoms with Gasteiger partial charge < -0.3 is 0 Å². The third-order valence-corrected chi connectivity index (χ3v) is 1.16. The predicted octanol–water partition coefficient (Wildman–Crippen LogP) is 2.53. The van der Waals surface area contributed by atoms with E-state index < -0.39 is 0 Å². The van der Waals surface area contributed by atoms with E-state index in [1.807, 2.05) is 0 Å². The molecular weight excluding hydrogens is 136 g/mol. The highest BCUT2D eigenvalue weighted by molar-refractivity contribution is 6.54. The summed E-state index contributed by atoms with van der Waals surface area (Å²) in [6, 6.07) is 0. The van der Waals surface area contributed by atoms with Crippen LogP contribution in [0, 0.1) is 0 Å². The molecule has 0 aliphatic heterocycles. The molecule has 0 saturated heterocycles. The molecule has 0 aromatic rings. The zero-order chi connectivity index (χ0) is 6.95. The maximum Gasteiger partial charge on any atom is 0.208 e. The number of carbonyl (C=O) groups excluding carboxylic acids is 1. The van der Waals surface area contributed by atoms with E-state index in [9.17, 15) is 0 Å². The Labute approximate surface area is 60.7 Å². The van der Waals surface area contributed by atoms with Gasteiger partial charge in [-0.05, 0) is 37.3 Å². The average molecular weight is 147 g/mol. The van der Waals surface area contributed by atoms with Gasteiger partial charge in [0.1, 0.15) is 0 Å². The van der Waals surface area contributed by atoms with Gasteiger partial charge in [-0.3, -0.25) is 4.79 Å². The minimum Gasteiger partial charge on any atom is -0.285 e. The molecule has 0 aromatic carbocycles. The van der Waals surface area contributed by atoms with Gasteiger partial charge in [0.2, 0.25) is 5.75 Å². The summed E-state index contributed by atoms with van der Waals surface area (Å²) in [5.41, 5.74) is 0. The molecular formula is C7H11ClO. The second kappa shape index (κ2) is 7.70. The van der Waals surface area contributed by atoms with Crippen molar-refractivity contribution < 1.29 is 4.79 Å². The third kappa shape index (κ3) is 7.70. The highest BCUT2D eigenvalue weighted by Crippen LogP contribution is 2.07. The molecule has 2 heteroatoms. The van der Waals surface area contributed by atoms with Crippen molar-refractivity contribution in [2.24, 2.45) is 0 Å². The van der Waals surface area contributed by atoms with Gasteiger partial charge in [0.25, 0.3) is 0 Å². The molecule has 0 amide bonds. The molecule has 0 N–H and O–H groups in total. The van der Waals surface area contributed by atoms with Gasteiger partial charge in [0.15, 0.2) is 0 Å². The molecule has 0 bridgehead atoms. The fourth-order valence-corrected chi connectivity index (χ4v) is 0.760. The maximum atomic E-state index is 8.57. The van der Waals surface area contributed by atoms with Crippen molar-refractivity contribution in [1.82, 2.24) is 0 Å². The van der Waals surface area contributed by atoms with E-state index in [0.29, 0.717) is 0 Å². The Balaban J connectivity index is 0.000000187. The molecule has 9 heavy (non-hydrogen) atoms. The molecule has 0 atom stereocenters. The van der Waals surface area contributed by atoms with E-state index in [4.69, 9.17) is 4.79 Å². The van der Waals surface area contributed by atoms with Crippen LogP contribution in [-0.4, -0.2) is 5.75 Å². The highest BCUT2D eigenvalue weighted by atomic mass is 35.5. The molecule has 0 heterocycles. The summed E-state index contributed by atoms with van der Waals surface area (Å²) in [6.45, 7) is 0. The quantitative estimate of drug-likeness (QED) is 0.292. The lowest BCUT2D eigenvalue weighted by atomic mass is 10.1. The van der Waals surface area contributed by atoms with Crippen molar-refractivity contribution in [2.45, 2.75) is 25.7 Å². The molecule has 1 rings (SSSR count). The normalized spacial score (nSPS) is 15.7. The van der Waals surface area contributed by atoms with Gasteiger partial charge in [-0.2, -0.15) is 0 Å². The van der Waals surface area contributed by atoms with Gasteiger partial charge in [-0.15, -0.1) is 0 Å². The predicted molar refractivity (Wildman–Crippen MR) is 40.2 cm³/mol. The molecule has 0 radical (unpaired) electrons. The van der Waals surface area contributed by atoms with E-state index >= 15 is 0 Å². The van der Waals surface area contributed by atoms with Crippen LogP contribution in [0.4, 0.5) is 0 Å². The molecule has 0 aromatic heterocycles. The Morgan fingerprint density at radius 3 is 1.67 bits per heavy atom. The van der Waals surface area contributed by atoms with Gasteiger partial charge in [-0.1, -0.05) is 12.2 Å². The van der Waals surface area contributed by atoms with Gasteiger partial charge >= 0.3 is 0 Å². The van der Waals surface area contributed by atoms with Gasteiger partial charge in [0, 0.05) is 0 Å². The van der Waals surface area contributed by atoms with Crippen LogP contribution in [0.15, 0.2) is 12.2 Å². The lowest BCUT2D eigenvalue weighted by Crippen LogP contribution is -1.77. The lowest BCUT2D eigenvalue weighted by molar-refractivity contribution is 0.569. The van der Waals surface area contributed by atoms with Crippen LogP contribution in [0.1, 0.15) is 25.7 Å². The van der Waals surface area contributed by atoms with E-state index in [1.54, 1.807) is 0 Å². The summed E-state index contributed by atoms with van der Waals surface area (Å²) in [5.74, 6) is 0.222. The van der Waals surface area contributed by atoms with Gasteiger partial charge in [0.05, 0.1) is 0 Å². The summed E-state index contributed by atoms with van der Waals surface area (Å²) >= 11 is 4.32. The zero-order valence-corrected chi connectivity index (χ0v) is 6.10. The van der Waals surface area contributed by atoms with Crippen molar-refractivity contribution in [3.63, 3.8) is 0 Å². The number of allylic oxidation sites excluding steroid dienone is 2. The molecule has 0 spiro atoms. The maximum absolute atomic E-state index is 8.57. The Kier molecular flexibility index (Phi) is 7.44. The van der Waals surface area contributed by atoms with Crippen LogP contribution in [0.2, 0.25) is 0 Å². The smallest absolute Gasteiger partial charge is 0.208 e. The van der Waals surface area contributed by atoms with Crippen LogP contribution in [0.3, 0.4) is 0 Å². The topological polar surface area (TPSA) is 17.1 Å². The van der Waals surface area contributed by atoms with Crippen LogP contribution < -0.4 is 0 Å². The fourth-order valence-electron chi connectivity index (χ4n) is 0.760. The first-order chi connectivity index (χ1) is 4.41. The lowest BCUT2D eigenvalue weighted by Gasteiger charge is -1.97. The Hall–Kier alpha value is -0.300. The largest absolute Gasteiger partial charge is 0.285 e. The van der Waals surface area contributed by atoms with Crippen molar-refractivity contribution in [1.29, 1.82) is 0 Å². The molecule has 0 unspecified atom stereocenters. The van der Waals surface area contributed by atoms with Gasteiger partial charge in [-0.25, -0.2) is 0 Å². The Morgan fingerprint density at radius 1 is 1.22 bits per heavy atom. The second-order valence-corrected chi connectivity index (χ2v) is 2.02. The average Bonchev–Trinajstić information content (AvgIpc) is 1.93. The van der Waals surface area contributed by atoms with Crippen LogP contribution in [0.25, 0.3) is 0 Å². The van der Waals surface area contributed by atoms with Crippen LogP contribution in [0.5, 0.6) is 0 Å². The number of carbonyl (C=O) groups is 1. The van der Waals surface area contributed by atoms with Crippen molar-refractivity contribution in [3.05, 3.63) is 12.2 Å². The van der Waals surface area contributed by atoms with Crippen LogP contribution >= 0.6 is 11.6 Å². The number of hydrogen-bond acceptors (Lipinski definition) is 1. The van der Waals surface area contributed by atoms with E-state index in [1.165, 1.54) is 25.7 Å². The van der Waals surface area contributed by atoms with E-state index in [0.717, 1.165) is 0 Å². The first-order valence-corrected chi connectivity index (χ1v) is 3.54. The third-order valence-electron chi connectivity index (χ3n) is 1.16. The number of rotatable bonds is 0. The first-order valence-electron chi connectivity index (χ1n) is 3.10. The summed E-state index contributed by atoms with van der Waals surface area (Å²) in [6.07, 6.45) is 10.0. The minimum absolute atomic E-state index is 0.222. The molecule has 1 aliphatic rings. The van der Waals surface area contributed by atoms with E-state index in [2.05, 4.69) is 23.8 Å². The first kappa shape index (κ1) is 8.70. The SMILES string of the molecule is C1=CCCCC1.O=CCl. The summed E-state index contributed by atoms with van der Waals surface area (Å²) in [4.78, 5) is 8.57.